The van der Waals surface area contributed by atoms with Crippen molar-refractivity contribution in [1.82, 2.24) is 0 Å². The van der Waals surface area contributed by atoms with Crippen LogP contribution in [0.2, 0.25) is 0 Å². The monoisotopic (exact) mass is 382 g/mol. The normalized spacial score (nSPS) is 24.3. The molecular formula is C11H11IOS3. The minimum Gasteiger partial charge on any atom is -0.497 e. The largest absolute Gasteiger partial charge is 0.497 e. The lowest BCUT2D eigenvalue weighted by molar-refractivity contribution is 0.415. The molecule has 0 amide bonds. The Kier molecular flexibility index (Phi) is 4.43. The second-order valence-electron chi connectivity index (χ2n) is 3.12. The van der Waals surface area contributed by atoms with E-state index in [0.29, 0.717) is 0 Å². The maximum absolute atomic E-state index is 5.16. The molecule has 1 heterocycles. The summed E-state index contributed by atoms with van der Waals surface area (Å²) in [7, 11) is 1.69. The first-order valence-electron chi connectivity index (χ1n) is 4.62. The van der Waals surface area contributed by atoms with Crippen LogP contribution < -0.4 is 4.74 Å². The van der Waals surface area contributed by atoms with E-state index in [9.17, 15) is 0 Å². The van der Waals surface area contributed by atoms with Crippen LogP contribution in [0.5, 0.6) is 5.75 Å². The van der Waals surface area contributed by atoms with Gasteiger partial charge >= 0.3 is 0 Å². The second-order valence-corrected chi connectivity index (χ2v) is 11.1. The Morgan fingerprint density at radius 3 is 2.50 bits per heavy atom. The van der Waals surface area contributed by atoms with Crippen LogP contribution in [-0.2, 0) is 0 Å². The van der Waals surface area contributed by atoms with Gasteiger partial charge in [-0.05, 0) is 52.0 Å². The van der Waals surface area contributed by atoms with Gasteiger partial charge in [-0.1, -0.05) is 35.7 Å². The third-order valence-corrected chi connectivity index (χ3v) is 9.07. The summed E-state index contributed by atoms with van der Waals surface area (Å²) in [6.45, 7) is 0. The van der Waals surface area contributed by atoms with Crippen molar-refractivity contribution in [3.8, 4) is 5.75 Å². The van der Waals surface area contributed by atoms with E-state index in [4.69, 9.17) is 4.74 Å². The lowest BCUT2D eigenvalue weighted by Crippen LogP contribution is -1.96. The van der Waals surface area contributed by atoms with Gasteiger partial charge in [-0.2, -0.15) is 0 Å². The SMILES string of the molecule is COc1ccc(C2=CSC(I)(SC)S2)cc1. The topological polar surface area (TPSA) is 9.23 Å². The molecule has 0 radical (unpaired) electrons. The quantitative estimate of drug-likeness (QED) is 0.544. The molecule has 0 spiro atoms. The molecule has 1 atom stereocenters. The number of hydrogen-bond donors (Lipinski definition) is 0. The van der Waals surface area contributed by atoms with Crippen molar-refractivity contribution in [1.29, 1.82) is 0 Å². The molecule has 0 saturated carbocycles. The zero-order chi connectivity index (χ0) is 11.6. The van der Waals surface area contributed by atoms with Crippen LogP contribution in [0.25, 0.3) is 4.91 Å². The molecule has 0 aromatic heterocycles. The number of hydrogen-bond acceptors (Lipinski definition) is 4. The second kappa shape index (κ2) is 5.46. The molecule has 1 unspecified atom stereocenters. The number of benzene rings is 1. The lowest BCUT2D eigenvalue weighted by Gasteiger charge is -2.16. The molecule has 1 aliphatic heterocycles. The number of halogens is 1. The van der Waals surface area contributed by atoms with Crippen LogP contribution >= 0.6 is 57.9 Å². The van der Waals surface area contributed by atoms with Crippen LogP contribution in [0.4, 0.5) is 0 Å². The predicted molar refractivity (Wildman–Crippen MR) is 86.4 cm³/mol. The van der Waals surface area contributed by atoms with Crippen molar-refractivity contribution in [3.05, 3.63) is 35.2 Å². The molecule has 1 nitrogen and oxygen atoms in total. The van der Waals surface area contributed by atoms with Gasteiger partial charge in [0.05, 0.1) is 7.11 Å². The van der Waals surface area contributed by atoms with Gasteiger partial charge in [0.25, 0.3) is 0 Å². The average molecular weight is 382 g/mol. The van der Waals surface area contributed by atoms with E-state index < -0.39 is 0 Å². The highest BCUT2D eigenvalue weighted by Gasteiger charge is 2.33. The maximum atomic E-state index is 5.16. The number of ether oxygens (including phenoxy) is 1. The molecule has 0 N–H and O–H groups in total. The number of alkyl halides is 1. The molecule has 5 heteroatoms. The van der Waals surface area contributed by atoms with E-state index >= 15 is 0 Å². The van der Waals surface area contributed by atoms with Crippen molar-refractivity contribution in [2.75, 3.05) is 13.4 Å². The number of methoxy groups -OCH3 is 1. The summed E-state index contributed by atoms with van der Waals surface area (Å²) in [6, 6.07) is 8.24. The van der Waals surface area contributed by atoms with E-state index in [1.807, 2.05) is 47.4 Å². The van der Waals surface area contributed by atoms with Crippen LogP contribution in [0.1, 0.15) is 5.56 Å². The molecule has 0 aliphatic carbocycles. The molecular weight excluding hydrogens is 371 g/mol. The van der Waals surface area contributed by atoms with Gasteiger partial charge in [-0.15, -0.1) is 11.8 Å². The van der Waals surface area contributed by atoms with Gasteiger partial charge in [0.2, 0.25) is 0 Å². The molecule has 2 rings (SSSR count). The summed E-state index contributed by atoms with van der Waals surface area (Å²) in [5.41, 5.74) is 1.27. The lowest BCUT2D eigenvalue weighted by atomic mass is 10.2. The first kappa shape index (κ1) is 13.0. The fraction of sp³-hybridized carbons (Fsp3) is 0.273. The van der Waals surface area contributed by atoms with E-state index in [-0.39, 0.29) is 1.42 Å². The summed E-state index contributed by atoms with van der Waals surface area (Å²) < 4.78 is 5.36. The van der Waals surface area contributed by atoms with E-state index in [1.165, 1.54) is 10.5 Å². The zero-order valence-corrected chi connectivity index (χ0v) is 13.5. The molecule has 16 heavy (non-hydrogen) atoms. The van der Waals surface area contributed by atoms with Crippen LogP contribution in [0, 0.1) is 0 Å². The van der Waals surface area contributed by atoms with Crippen LogP contribution in [0.15, 0.2) is 29.7 Å². The third-order valence-electron chi connectivity index (χ3n) is 2.16. The number of rotatable bonds is 3. The maximum Gasteiger partial charge on any atom is 0.166 e. The Hall–Kier alpha value is 0.540. The van der Waals surface area contributed by atoms with Gasteiger partial charge in [0.1, 0.15) is 5.75 Å². The van der Waals surface area contributed by atoms with Gasteiger partial charge in [-0.3, -0.25) is 0 Å². The smallest absolute Gasteiger partial charge is 0.166 e. The van der Waals surface area contributed by atoms with Crippen LogP contribution in [-0.4, -0.2) is 14.8 Å². The molecule has 1 aliphatic rings. The highest BCUT2D eigenvalue weighted by atomic mass is 127. The van der Waals surface area contributed by atoms with E-state index in [2.05, 4.69) is 46.4 Å². The average Bonchev–Trinajstić information content (AvgIpc) is 2.73. The standard InChI is InChI=1S/C11H11IOS3/c1-13-9-5-3-8(4-6-9)10-7-15-11(12,14-2)16-10/h3-7H,1-2H3. The van der Waals surface area contributed by atoms with Crippen molar-refractivity contribution in [2.45, 2.75) is 1.42 Å². The Morgan fingerprint density at radius 1 is 1.31 bits per heavy atom. The van der Waals surface area contributed by atoms with Gasteiger partial charge < -0.3 is 4.74 Å². The fourth-order valence-corrected chi connectivity index (χ4v) is 5.34. The molecule has 0 bridgehead atoms. The highest BCUT2D eigenvalue weighted by Crippen LogP contribution is 2.62. The Labute approximate surface area is 122 Å². The summed E-state index contributed by atoms with van der Waals surface area (Å²) in [5.74, 6) is 0.908. The third kappa shape index (κ3) is 2.86. The Balaban J connectivity index is 2.14. The van der Waals surface area contributed by atoms with Crippen molar-refractivity contribution in [3.63, 3.8) is 0 Å². The van der Waals surface area contributed by atoms with Crippen molar-refractivity contribution in [2.24, 2.45) is 0 Å². The first-order chi connectivity index (χ1) is 7.67. The van der Waals surface area contributed by atoms with E-state index in [0.717, 1.165) is 5.75 Å². The fourth-order valence-electron chi connectivity index (χ4n) is 1.28. The summed E-state index contributed by atoms with van der Waals surface area (Å²) in [5, 5.41) is 2.25. The van der Waals surface area contributed by atoms with Gasteiger partial charge in [0, 0.05) is 4.91 Å². The number of thioether (sulfide) groups is 3. The summed E-state index contributed by atoms with van der Waals surface area (Å²) in [4.78, 5) is 1.34. The Morgan fingerprint density at radius 2 is 2.00 bits per heavy atom. The minimum absolute atomic E-state index is 0.201. The molecule has 1 aromatic carbocycles. The summed E-state index contributed by atoms with van der Waals surface area (Å²) in [6.07, 6.45) is 2.15. The van der Waals surface area contributed by atoms with E-state index in [1.54, 1.807) is 7.11 Å². The highest BCUT2D eigenvalue weighted by molar-refractivity contribution is 14.1. The van der Waals surface area contributed by atoms with Gasteiger partial charge in [0.15, 0.2) is 1.42 Å². The molecule has 0 saturated heterocycles. The Bertz CT molecular complexity index is 404. The van der Waals surface area contributed by atoms with Gasteiger partial charge in [-0.25, -0.2) is 0 Å². The van der Waals surface area contributed by atoms with Crippen molar-refractivity contribution >= 4 is 62.8 Å². The zero-order valence-electron chi connectivity index (χ0n) is 8.90. The molecule has 1 aromatic rings. The van der Waals surface area contributed by atoms with Crippen LogP contribution in [0.3, 0.4) is 0 Å². The van der Waals surface area contributed by atoms with Crippen molar-refractivity contribution < 1.29 is 4.74 Å². The summed E-state index contributed by atoms with van der Waals surface area (Å²) >= 11 is 8.16. The first-order valence-corrected chi connectivity index (χ1v) is 8.62. The minimum atomic E-state index is 0.201. The molecule has 86 valence electrons. The predicted octanol–water partition coefficient (Wildman–Crippen LogP) is 4.88. The molecule has 0 fully saturated rings.